The van der Waals surface area contributed by atoms with Crippen LogP contribution in [0.2, 0.25) is 0 Å². The van der Waals surface area contributed by atoms with Crippen molar-refractivity contribution in [3.05, 3.63) is 51.4 Å². The Hall–Kier alpha value is -2.34. The summed E-state index contributed by atoms with van der Waals surface area (Å²) in [6.07, 6.45) is 0. The topological polar surface area (TPSA) is 72.2 Å². The van der Waals surface area contributed by atoms with Crippen LogP contribution in [0.15, 0.2) is 34.7 Å². The maximum Gasteiger partial charge on any atom is 0.316 e. The lowest BCUT2D eigenvalue weighted by Crippen LogP contribution is -2.20. The monoisotopic (exact) mass is 504 g/mol. The van der Waals surface area contributed by atoms with Crippen LogP contribution in [-0.2, 0) is 4.74 Å². The summed E-state index contributed by atoms with van der Waals surface area (Å²) in [5, 5.41) is 13.2. The molecule has 1 heterocycles. The molecule has 0 aliphatic carbocycles. The number of hydrogen-bond acceptors (Lipinski definition) is 6. The predicted molar refractivity (Wildman–Crippen MR) is 107 cm³/mol. The van der Waals surface area contributed by atoms with Gasteiger partial charge in [-0.05, 0) is 59.8 Å². The molecule has 0 spiro atoms. The summed E-state index contributed by atoms with van der Waals surface area (Å²) in [5.74, 6) is -2.94. The van der Waals surface area contributed by atoms with Gasteiger partial charge in [-0.25, -0.2) is 13.2 Å². The number of nitrogens with zero attached hydrogens (tertiary/aromatic N) is 2. The zero-order chi connectivity index (χ0) is 20.3. The zero-order valence-corrected chi connectivity index (χ0v) is 17.1. The number of methoxy groups -OCH3 is 1. The van der Waals surface area contributed by atoms with Gasteiger partial charge in [0, 0.05) is 10.7 Å². The minimum Gasteiger partial charge on any atom is -0.403 e. The first kappa shape index (κ1) is 20.4. The maximum absolute atomic E-state index is 14.5. The van der Waals surface area contributed by atoms with Crippen LogP contribution in [0.5, 0.6) is 0 Å². The number of halogens is 4. The molecule has 2 aromatic carbocycles. The molecule has 0 aliphatic rings. The van der Waals surface area contributed by atoms with Crippen molar-refractivity contribution in [2.75, 3.05) is 24.4 Å². The third-order valence-electron chi connectivity index (χ3n) is 3.73. The second-order valence-corrected chi connectivity index (χ2v) is 7.19. The molecule has 1 aromatic heterocycles. The van der Waals surface area contributed by atoms with Crippen LogP contribution < -0.4 is 10.6 Å². The Bertz CT molecular complexity index is 983. The molecule has 2 N–H and O–H groups in total. The molecule has 1 unspecified atom stereocenters. The van der Waals surface area contributed by atoms with Crippen LogP contribution in [0.4, 0.5) is 30.6 Å². The maximum atomic E-state index is 14.5. The third-order valence-corrected chi connectivity index (χ3v) is 4.40. The molecule has 1 atom stereocenters. The van der Waals surface area contributed by atoms with Gasteiger partial charge in [0.2, 0.25) is 0 Å². The molecule has 148 valence electrons. The van der Waals surface area contributed by atoms with E-state index in [1.54, 1.807) is 13.2 Å². The summed E-state index contributed by atoms with van der Waals surface area (Å²) in [6.45, 7) is 2.25. The van der Waals surface area contributed by atoms with E-state index in [2.05, 4.69) is 20.8 Å². The van der Waals surface area contributed by atoms with Crippen molar-refractivity contribution in [1.82, 2.24) is 10.2 Å². The Kier molecular flexibility index (Phi) is 6.39. The van der Waals surface area contributed by atoms with E-state index < -0.39 is 17.5 Å². The fraction of sp³-hybridized carbons (Fsp3) is 0.222. The van der Waals surface area contributed by atoms with Gasteiger partial charge in [0.15, 0.2) is 11.6 Å². The van der Waals surface area contributed by atoms with Crippen LogP contribution in [-0.4, -0.2) is 30.0 Å². The number of aromatic nitrogens is 2. The van der Waals surface area contributed by atoms with Crippen LogP contribution in [0.1, 0.15) is 6.92 Å². The summed E-state index contributed by atoms with van der Waals surface area (Å²) >= 11 is 1.95. The lowest BCUT2D eigenvalue weighted by molar-refractivity contribution is 0.189. The smallest absolute Gasteiger partial charge is 0.316 e. The van der Waals surface area contributed by atoms with Crippen molar-refractivity contribution < 1.29 is 22.3 Å². The Balaban J connectivity index is 1.96. The summed E-state index contributed by atoms with van der Waals surface area (Å²) in [4.78, 5) is 0. The summed E-state index contributed by atoms with van der Waals surface area (Å²) in [5.41, 5.74) is -0.227. The van der Waals surface area contributed by atoms with Crippen molar-refractivity contribution in [2.24, 2.45) is 0 Å². The van der Waals surface area contributed by atoms with Gasteiger partial charge in [-0.1, -0.05) is 5.10 Å². The predicted octanol–water partition coefficient (Wildman–Crippen LogP) is 4.95. The Morgan fingerprint density at radius 1 is 1.14 bits per heavy atom. The number of ether oxygens (including phenoxy) is 1. The fourth-order valence-electron chi connectivity index (χ4n) is 2.47. The van der Waals surface area contributed by atoms with E-state index in [0.717, 1.165) is 6.07 Å². The molecule has 0 saturated heterocycles. The molecule has 3 aromatic rings. The van der Waals surface area contributed by atoms with Crippen molar-refractivity contribution in [3.8, 4) is 11.5 Å². The first-order valence-electron chi connectivity index (χ1n) is 8.18. The third kappa shape index (κ3) is 4.55. The number of benzene rings is 2. The summed E-state index contributed by atoms with van der Waals surface area (Å²) < 4.78 is 53.6. The minimum absolute atomic E-state index is 0.0160. The summed E-state index contributed by atoms with van der Waals surface area (Å²) in [6, 6.07) is 6.53. The van der Waals surface area contributed by atoms with Gasteiger partial charge in [0.25, 0.3) is 5.89 Å². The first-order chi connectivity index (χ1) is 13.4. The molecule has 28 heavy (non-hydrogen) atoms. The average Bonchev–Trinajstić information content (AvgIpc) is 3.09. The zero-order valence-electron chi connectivity index (χ0n) is 14.9. The molecule has 0 radical (unpaired) electrons. The number of nitrogens with one attached hydrogen (secondary N) is 2. The molecule has 0 bridgehead atoms. The van der Waals surface area contributed by atoms with Gasteiger partial charge in [-0.2, -0.15) is 0 Å². The highest BCUT2D eigenvalue weighted by Crippen LogP contribution is 2.34. The van der Waals surface area contributed by atoms with Gasteiger partial charge >= 0.3 is 6.01 Å². The van der Waals surface area contributed by atoms with Gasteiger partial charge in [-0.3, -0.25) is 0 Å². The van der Waals surface area contributed by atoms with Crippen LogP contribution in [0, 0.1) is 21.0 Å². The normalized spacial score (nSPS) is 12.1. The molecule has 0 aliphatic heterocycles. The highest BCUT2D eigenvalue weighted by molar-refractivity contribution is 14.1. The van der Waals surface area contributed by atoms with Gasteiger partial charge in [0.1, 0.15) is 5.82 Å². The van der Waals surface area contributed by atoms with Crippen molar-refractivity contribution in [1.29, 1.82) is 0 Å². The Morgan fingerprint density at radius 2 is 1.93 bits per heavy atom. The highest BCUT2D eigenvalue weighted by atomic mass is 127. The molecule has 0 fully saturated rings. The second-order valence-electron chi connectivity index (χ2n) is 5.95. The SMILES string of the molecule is COCC(C)Nc1nnc(-c2ccc(F)c(F)c2Nc2ccc(I)cc2F)o1. The van der Waals surface area contributed by atoms with Crippen LogP contribution >= 0.6 is 22.6 Å². The molecule has 10 heteroatoms. The number of rotatable bonds is 7. The van der Waals surface area contributed by atoms with Crippen molar-refractivity contribution in [2.45, 2.75) is 13.0 Å². The van der Waals surface area contributed by atoms with Crippen molar-refractivity contribution >= 4 is 40.0 Å². The van der Waals surface area contributed by atoms with Gasteiger partial charge < -0.3 is 19.8 Å². The first-order valence-corrected chi connectivity index (χ1v) is 9.26. The molecule has 6 nitrogen and oxygen atoms in total. The van der Waals surface area contributed by atoms with E-state index >= 15 is 0 Å². The lowest BCUT2D eigenvalue weighted by Gasteiger charge is -2.13. The van der Waals surface area contributed by atoms with E-state index in [9.17, 15) is 13.2 Å². The standard InChI is InChI=1S/C18H16F3IN4O2/c1-9(8-27-2)23-18-26-25-17(28-18)11-4-5-12(19)15(21)16(11)24-14-6-3-10(22)7-13(14)20/h3-7,9,24H,8H2,1-2H3,(H,23,26). The Labute approximate surface area is 172 Å². The van der Waals surface area contributed by atoms with Gasteiger partial charge in [0.05, 0.1) is 29.6 Å². The van der Waals surface area contributed by atoms with E-state index in [0.29, 0.717) is 10.2 Å². The van der Waals surface area contributed by atoms with E-state index in [-0.39, 0.29) is 34.9 Å². The quantitative estimate of drug-likeness (QED) is 0.444. The van der Waals surface area contributed by atoms with E-state index in [4.69, 9.17) is 9.15 Å². The van der Waals surface area contributed by atoms with E-state index in [1.165, 1.54) is 18.2 Å². The Morgan fingerprint density at radius 3 is 2.64 bits per heavy atom. The molecule has 3 rings (SSSR count). The van der Waals surface area contributed by atoms with E-state index in [1.807, 2.05) is 29.5 Å². The average molecular weight is 504 g/mol. The van der Waals surface area contributed by atoms with Gasteiger partial charge in [-0.15, -0.1) is 5.10 Å². The molecular weight excluding hydrogens is 488 g/mol. The highest BCUT2D eigenvalue weighted by Gasteiger charge is 2.21. The number of hydrogen-bond donors (Lipinski definition) is 2. The largest absolute Gasteiger partial charge is 0.403 e. The molecular formula is C18H16F3IN4O2. The fourth-order valence-corrected chi connectivity index (χ4v) is 2.92. The molecule has 0 saturated carbocycles. The lowest BCUT2D eigenvalue weighted by atomic mass is 10.1. The minimum atomic E-state index is -1.18. The van der Waals surface area contributed by atoms with Crippen LogP contribution in [0.25, 0.3) is 11.5 Å². The van der Waals surface area contributed by atoms with Crippen LogP contribution in [0.3, 0.4) is 0 Å². The number of anilines is 3. The second kappa shape index (κ2) is 8.78. The molecule has 0 amide bonds. The summed E-state index contributed by atoms with van der Waals surface area (Å²) in [7, 11) is 1.56. The van der Waals surface area contributed by atoms with Crippen molar-refractivity contribution in [3.63, 3.8) is 0 Å².